The Morgan fingerprint density at radius 3 is 2.41 bits per heavy atom. The zero-order valence-electron chi connectivity index (χ0n) is 18.4. The number of aryl methyl sites for hydroxylation is 1. The number of benzene rings is 1. The monoisotopic (exact) mass is 461 g/mol. The molecule has 5 rings (SSSR count). The van der Waals surface area contributed by atoms with Crippen LogP contribution in [0.2, 0.25) is 0 Å². The van der Waals surface area contributed by atoms with Crippen molar-refractivity contribution in [3.05, 3.63) is 30.5 Å². The molecule has 32 heavy (non-hydrogen) atoms. The Hall–Kier alpha value is -1.94. The number of fused-ring (bicyclic) bond motifs is 1. The van der Waals surface area contributed by atoms with Crippen LogP contribution < -0.4 is 0 Å². The largest absolute Gasteiger partial charge is 0.347 e. The third-order valence-corrected chi connectivity index (χ3v) is 8.85. The molecule has 1 aromatic carbocycles. The molecule has 4 heterocycles. The SMILES string of the molecule is O=C(CCn1ccc2cc(S(=O)(=O)N3CCCCC3)ccc21)N1CCC2(CC1)OCCO2. The molecule has 0 atom stereocenters. The maximum Gasteiger partial charge on any atom is 0.243 e. The number of sulfonamides is 1. The van der Waals surface area contributed by atoms with Gasteiger partial charge in [-0.1, -0.05) is 6.42 Å². The summed E-state index contributed by atoms with van der Waals surface area (Å²) in [6.07, 6.45) is 6.71. The van der Waals surface area contributed by atoms with Crippen LogP contribution in [0.5, 0.6) is 0 Å². The number of rotatable bonds is 5. The highest BCUT2D eigenvalue weighted by Crippen LogP contribution is 2.31. The van der Waals surface area contributed by atoms with E-state index in [9.17, 15) is 13.2 Å². The van der Waals surface area contributed by atoms with Crippen LogP contribution >= 0.6 is 0 Å². The lowest BCUT2D eigenvalue weighted by Crippen LogP contribution is -2.47. The number of amides is 1. The van der Waals surface area contributed by atoms with E-state index in [1.54, 1.807) is 16.4 Å². The number of hydrogen-bond donors (Lipinski definition) is 0. The van der Waals surface area contributed by atoms with Crippen molar-refractivity contribution >= 4 is 26.8 Å². The van der Waals surface area contributed by atoms with Crippen LogP contribution in [0, 0.1) is 0 Å². The molecule has 3 fully saturated rings. The normalized spacial score (nSPS) is 22.1. The van der Waals surface area contributed by atoms with Gasteiger partial charge in [0.25, 0.3) is 0 Å². The first-order valence-electron chi connectivity index (χ1n) is 11.6. The molecule has 1 aromatic heterocycles. The molecule has 0 N–H and O–H groups in total. The molecule has 9 heteroatoms. The zero-order chi connectivity index (χ0) is 22.2. The second-order valence-corrected chi connectivity index (χ2v) is 10.9. The third kappa shape index (κ3) is 4.19. The first-order valence-corrected chi connectivity index (χ1v) is 13.1. The first-order chi connectivity index (χ1) is 15.5. The van der Waals surface area contributed by atoms with Gasteiger partial charge in [0.05, 0.1) is 18.1 Å². The van der Waals surface area contributed by atoms with Gasteiger partial charge in [0.15, 0.2) is 5.79 Å². The van der Waals surface area contributed by atoms with Gasteiger partial charge < -0.3 is 18.9 Å². The zero-order valence-corrected chi connectivity index (χ0v) is 19.2. The third-order valence-electron chi connectivity index (χ3n) is 6.95. The van der Waals surface area contributed by atoms with Crippen molar-refractivity contribution in [1.29, 1.82) is 0 Å². The summed E-state index contributed by atoms with van der Waals surface area (Å²) < 4.78 is 41.0. The fourth-order valence-electron chi connectivity index (χ4n) is 5.04. The first kappa shape index (κ1) is 21.9. The van der Waals surface area contributed by atoms with E-state index in [1.807, 2.05) is 27.8 Å². The van der Waals surface area contributed by atoms with Crippen molar-refractivity contribution in [1.82, 2.24) is 13.8 Å². The molecule has 3 saturated heterocycles. The molecule has 1 amide bonds. The highest BCUT2D eigenvalue weighted by Gasteiger charge is 2.40. The van der Waals surface area contributed by atoms with Gasteiger partial charge in [-0.2, -0.15) is 4.31 Å². The van der Waals surface area contributed by atoms with Gasteiger partial charge in [0.2, 0.25) is 15.9 Å². The molecule has 2 aromatic rings. The fraction of sp³-hybridized carbons (Fsp3) is 0.609. The van der Waals surface area contributed by atoms with Crippen LogP contribution in [0.1, 0.15) is 38.5 Å². The molecule has 0 unspecified atom stereocenters. The molecule has 8 nitrogen and oxygen atoms in total. The van der Waals surface area contributed by atoms with Gasteiger partial charge in [-0.25, -0.2) is 8.42 Å². The second-order valence-electron chi connectivity index (χ2n) is 8.93. The van der Waals surface area contributed by atoms with E-state index in [0.29, 0.717) is 57.3 Å². The predicted octanol–water partition coefficient (Wildman–Crippen LogP) is 2.57. The van der Waals surface area contributed by atoms with Gasteiger partial charge in [0, 0.05) is 69.1 Å². The minimum atomic E-state index is -3.45. The average molecular weight is 462 g/mol. The standard InChI is InChI=1S/C23H31N3O5S/c27-22(25-14-8-23(9-15-25)30-16-17-31-23)7-13-24-12-6-19-18-20(4-5-21(19)24)32(28,29)26-10-2-1-3-11-26/h4-6,12,18H,1-3,7-11,13-17H2. The summed E-state index contributed by atoms with van der Waals surface area (Å²) in [5.74, 6) is -0.344. The van der Waals surface area contributed by atoms with Crippen LogP contribution in [0.4, 0.5) is 0 Å². The lowest BCUT2D eigenvalue weighted by atomic mass is 10.0. The van der Waals surface area contributed by atoms with Crippen molar-refractivity contribution < 1.29 is 22.7 Å². The predicted molar refractivity (Wildman–Crippen MR) is 120 cm³/mol. The Labute approximate surface area is 189 Å². The van der Waals surface area contributed by atoms with Gasteiger partial charge >= 0.3 is 0 Å². The summed E-state index contributed by atoms with van der Waals surface area (Å²) in [5, 5.41) is 0.881. The Kier molecular flexibility index (Phi) is 6.00. The fourth-order valence-corrected chi connectivity index (χ4v) is 6.60. The summed E-state index contributed by atoms with van der Waals surface area (Å²) in [6.45, 7) is 4.34. The molecule has 0 saturated carbocycles. The lowest BCUT2D eigenvalue weighted by Gasteiger charge is -2.37. The number of carbonyl (C=O) groups is 1. The molecule has 3 aliphatic heterocycles. The molecular formula is C23H31N3O5S. The minimum Gasteiger partial charge on any atom is -0.347 e. The van der Waals surface area contributed by atoms with Crippen molar-refractivity contribution in [2.24, 2.45) is 0 Å². The summed E-state index contributed by atoms with van der Waals surface area (Å²) in [4.78, 5) is 15.0. The molecule has 3 aliphatic rings. The topological polar surface area (TPSA) is 81.1 Å². The van der Waals surface area contributed by atoms with Gasteiger partial charge in [0.1, 0.15) is 0 Å². The number of hydrogen-bond acceptors (Lipinski definition) is 5. The van der Waals surface area contributed by atoms with Crippen molar-refractivity contribution in [2.45, 2.75) is 55.8 Å². The number of ether oxygens (including phenoxy) is 2. The molecule has 0 bridgehead atoms. The summed E-state index contributed by atoms with van der Waals surface area (Å²) in [7, 11) is -3.45. The summed E-state index contributed by atoms with van der Waals surface area (Å²) >= 11 is 0. The number of aromatic nitrogens is 1. The van der Waals surface area contributed by atoms with Crippen LogP contribution in [0.15, 0.2) is 35.4 Å². The molecule has 0 aliphatic carbocycles. The van der Waals surface area contributed by atoms with Crippen LogP contribution in [-0.4, -0.2) is 73.3 Å². The van der Waals surface area contributed by atoms with Crippen molar-refractivity contribution in [3.63, 3.8) is 0 Å². The molecule has 174 valence electrons. The maximum absolute atomic E-state index is 13.0. The highest BCUT2D eigenvalue weighted by molar-refractivity contribution is 7.89. The maximum atomic E-state index is 13.0. The van der Waals surface area contributed by atoms with E-state index in [2.05, 4.69) is 0 Å². The van der Waals surface area contributed by atoms with Crippen LogP contribution in [0.25, 0.3) is 10.9 Å². The van der Waals surface area contributed by atoms with E-state index in [0.717, 1.165) is 43.0 Å². The minimum absolute atomic E-state index is 0.129. The Morgan fingerprint density at radius 1 is 0.969 bits per heavy atom. The average Bonchev–Trinajstić information content (AvgIpc) is 3.45. The Balaban J connectivity index is 1.22. The molecular weight excluding hydrogens is 430 g/mol. The smallest absolute Gasteiger partial charge is 0.243 e. The summed E-state index contributed by atoms with van der Waals surface area (Å²) in [5.41, 5.74) is 0.945. The Morgan fingerprint density at radius 2 is 1.69 bits per heavy atom. The van der Waals surface area contributed by atoms with Gasteiger partial charge in [-0.05, 0) is 37.1 Å². The van der Waals surface area contributed by atoms with Crippen LogP contribution in [0.3, 0.4) is 0 Å². The van der Waals surface area contributed by atoms with E-state index in [1.165, 1.54) is 0 Å². The van der Waals surface area contributed by atoms with Crippen molar-refractivity contribution in [3.8, 4) is 0 Å². The lowest BCUT2D eigenvalue weighted by molar-refractivity contribution is -0.187. The van der Waals surface area contributed by atoms with E-state index in [-0.39, 0.29) is 5.91 Å². The quantitative estimate of drug-likeness (QED) is 0.684. The van der Waals surface area contributed by atoms with Gasteiger partial charge in [-0.3, -0.25) is 4.79 Å². The van der Waals surface area contributed by atoms with E-state index >= 15 is 0 Å². The van der Waals surface area contributed by atoms with Crippen LogP contribution in [-0.2, 0) is 30.8 Å². The molecule has 0 radical (unpaired) electrons. The second kappa shape index (κ2) is 8.78. The Bertz CT molecular complexity index is 1070. The van der Waals surface area contributed by atoms with Gasteiger partial charge in [-0.15, -0.1) is 0 Å². The van der Waals surface area contributed by atoms with E-state index < -0.39 is 15.8 Å². The number of likely N-dealkylation sites (tertiary alicyclic amines) is 1. The highest BCUT2D eigenvalue weighted by atomic mass is 32.2. The summed E-state index contributed by atoms with van der Waals surface area (Å²) in [6, 6.07) is 7.23. The van der Waals surface area contributed by atoms with Crippen molar-refractivity contribution in [2.75, 3.05) is 39.4 Å². The number of nitrogens with zero attached hydrogens (tertiary/aromatic N) is 3. The number of piperidine rings is 2. The molecule has 1 spiro atoms. The number of carbonyl (C=O) groups excluding carboxylic acids is 1. The van der Waals surface area contributed by atoms with E-state index in [4.69, 9.17) is 9.47 Å².